The maximum absolute atomic E-state index is 11.9. The fourth-order valence-corrected chi connectivity index (χ4v) is 6.13. The number of carbonyl (C=O) groups excluding carboxylic acids is 1. The molecule has 2 aromatic carbocycles. The molecule has 0 bridgehead atoms. The Kier molecular flexibility index (Phi) is 10.4. The van der Waals surface area contributed by atoms with Crippen molar-refractivity contribution in [2.24, 2.45) is 0 Å². The van der Waals surface area contributed by atoms with E-state index in [2.05, 4.69) is 9.97 Å². The summed E-state index contributed by atoms with van der Waals surface area (Å²) >= 11 is 12.1. The van der Waals surface area contributed by atoms with Gasteiger partial charge in [0.15, 0.2) is 0 Å². The molecule has 46 heavy (non-hydrogen) atoms. The highest BCUT2D eigenvalue weighted by Gasteiger charge is 2.23. The van der Waals surface area contributed by atoms with Gasteiger partial charge in [-0.25, -0.2) is 19.6 Å². The number of carboxylic acid groups (broad SMARTS) is 1. The highest BCUT2D eigenvalue weighted by Crippen LogP contribution is 2.44. The molecule has 3 N–H and O–H groups in total. The minimum absolute atomic E-state index is 0.0200. The van der Waals surface area contributed by atoms with E-state index >= 15 is 0 Å². The molecule has 0 unspecified atom stereocenters. The van der Waals surface area contributed by atoms with E-state index in [4.69, 9.17) is 33.0 Å². The van der Waals surface area contributed by atoms with Crippen LogP contribution in [-0.4, -0.2) is 43.8 Å². The smallest absolute Gasteiger partial charge is 0.356 e. The Hall–Kier alpha value is -4.66. The first-order chi connectivity index (χ1) is 22.2. The number of allylic oxidation sites excluding steroid dienone is 4. The number of rotatable bonds is 7. The number of aromatic nitrogens is 2. The Morgan fingerprint density at radius 3 is 1.63 bits per heavy atom. The van der Waals surface area contributed by atoms with E-state index in [-0.39, 0.29) is 17.2 Å². The van der Waals surface area contributed by atoms with E-state index in [1.807, 2.05) is 6.07 Å². The zero-order valence-electron chi connectivity index (χ0n) is 25.1. The van der Waals surface area contributed by atoms with E-state index in [0.717, 1.165) is 72.1 Å². The molecule has 0 fully saturated rings. The molecule has 2 aromatic heterocycles. The van der Waals surface area contributed by atoms with Crippen LogP contribution in [0.15, 0.2) is 72.8 Å². The molecule has 0 saturated carbocycles. The van der Waals surface area contributed by atoms with Crippen molar-refractivity contribution in [1.82, 2.24) is 9.97 Å². The average Bonchev–Trinajstić information content (AvgIpc) is 3.75. The highest BCUT2D eigenvalue weighted by molar-refractivity contribution is 6.31. The molecule has 10 heteroatoms. The van der Waals surface area contributed by atoms with Crippen LogP contribution < -0.4 is 0 Å². The quantitative estimate of drug-likeness (QED) is 0.168. The standard InChI is InChI=1S/C19H18ClNO3.C17H14ClNO3/c1-2-24-19(23)17-8-4-7-16(21-17)14-6-3-5-13(14)15-11-12(20)9-10-18(15)22;18-10-7-8-16(20)13(9-10)11-3-1-4-12(11)14-5-2-6-15(19-14)17(21)22/h4,7-11,22H,2-3,5-6H2,1H3;2,5-9,20H,1,3-4H2,(H,21,22). The number of aromatic carboxylic acids is 1. The monoisotopic (exact) mass is 658 g/mol. The molecular weight excluding hydrogens is 627 g/mol. The Morgan fingerprint density at radius 2 is 1.15 bits per heavy atom. The van der Waals surface area contributed by atoms with Gasteiger partial charge in [0, 0.05) is 21.2 Å². The Labute approximate surface area is 276 Å². The van der Waals surface area contributed by atoms with Crippen molar-refractivity contribution in [3.05, 3.63) is 117 Å². The second kappa shape index (κ2) is 14.6. The van der Waals surface area contributed by atoms with Gasteiger partial charge in [0.2, 0.25) is 0 Å². The summed E-state index contributed by atoms with van der Waals surface area (Å²) in [5.74, 6) is -1.10. The fraction of sp³-hybridized carbons (Fsp3) is 0.222. The van der Waals surface area contributed by atoms with Crippen LogP contribution in [0.1, 0.15) is 88.9 Å². The Balaban J connectivity index is 0.000000182. The van der Waals surface area contributed by atoms with Crippen LogP contribution in [-0.2, 0) is 4.74 Å². The molecule has 2 heterocycles. The molecule has 0 amide bonds. The number of hydrogen-bond donors (Lipinski definition) is 3. The van der Waals surface area contributed by atoms with Crippen molar-refractivity contribution in [3.63, 3.8) is 0 Å². The summed E-state index contributed by atoms with van der Waals surface area (Å²) in [6.07, 6.45) is 5.21. The number of benzene rings is 2. The van der Waals surface area contributed by atoms with Gasteiger partial charge in [0.05, 0.1) is 18.0 Å². The van der Waals surface area contributed by atoms with Crippen LogP contribution >= 0.6 is 23.2 Å². The van der Waals surface area contributed by atoms with Crippen molar-refractivity contribution in [2.45, 2.75) is 45.4 Å². The molecule has 2 aliphatic carbocycles. The van der Waals surface area contributed by atoms with Gasteiger partial charge in [-0.1, -0.05) is 35.3 Å². The van der Waals surface area contributed by atoms with Crippen LogP contribution in [0, 0.1) is 0 Å². The number of hydrogen-bond acceptors (Lipinski definition) is 7. The van der Waals surface area contributed by atoms with Crippen molar-refractivity contribution < 1.29 is 29.6 Å². The lowest BCUT2D eigenvalue weighted by molar-refractivity contribution is 0.0518. The SMILES string of the molecule is CCOC(=O)c1cccc(C2=C(c3cc(Cl)ccc3O)CCC2)n1.O=C(O)c1cccc(C2=C(c3cc(Cl)ccc3O)CCC2)n1. The van der Waals surface area contributed by atoms with Crippen molar-refractivity contribution in [3.8, 4) is 11.5 Å². The number of pyridine rings is 2. The van der Waals surface area contributed by atoms with Gasteiger partial charge in [-0.05, 0) is 128 Å². The first-order valence-corrected chi connectivity index (χ1v) is 15.7. The van der Waals surface area contributed by atoms with E-state index in [0.29, 0.717) is 33.6 Å². The molecule has 6 rings (SSSR count). The number of esters is 1. The van der Waals surface area contributed by atoms with Crippen LogP contribution in [0.3, 0.4) is 0 Å². The molecule has 236 valence electrons. The Morgan fingerprint density at radius 1 is 0.696 bits per heavy atom. The van der Waals surface area contributed by atoms with Gasteiger partial charge in [-0.3, -0.25) is 0 Å². The minimum atomic E-state index is -1.05. The topological polar surface area (TPSA) is 130 Å². The van der Waals surface area contributed by atoms with Gasteiger partial charge in [0.25, 0.3) is 0 Å². The van der Waals surface area contributed by atoms with E-state index < -0.39 is 11.9 Å². The lowest BCUT2D eigenvalue weighted by Gasteiger charge is -2.11. The fourth-order valence-electron chi connectivity index (χ4n) is 5.79. The summed E-state index contributed by atoms with van der Waals surface area (Å²) in [5.41, 5.74) is 7.16. The number of aromatic hydroxyl groups is 2. The lowest BCUT2D eigenvalue weighted by atomic mass is 9.99. The zero-order valence-corrected chi connectivity index (χ0v) is 26.6. The second-order valence-electron chi connectivity index (χ2n) is 10.8. The van der Waals surface area contributed by atoms with E-state index in [1.54, 1.807) is 67.6 Å². The van der Waals surface area contributed by atoms with E-state index in [9.17, 15) is 19.8 Å². The molecule has 8 nitrogen and oxygen atoms in total. The number of phenols is 2. The van der Waals surface area contributed by atoms with Crippen LogP contribution in [0.5, 0.6) is 11.5 Å². The normalized spacial score (nSPS) is 14.2. The summed E-state index contributed by atoms with van der Waals surface area (Å²) in [6.45, 7) is 2.08. The number of carbonyl (C=O) groups is 2. The predicted octanol–water partition coefficient (Wildman–Crippen LogP) is 8.95. The zero-order chi connectivity index (χ0) is 32.8. The van der Waals surface area contributed by atoms with Crippen molar-refractivity contribution >= 4 is 57.4 Å². The number of nitrogens with zero attached hydrogens (tertiary/aromatic N) is 2. The van der Waals surface area contributed by atoms with Crippen molar-refractivity contribution in [1.29, 1.82) is 0 Å². The molecule has 0 radical (unpaired) electrons. The second-order valence-corrected chi connectivity index (χ2v) is 11.7. The van der Waals surface area contributed by atoms with Crippen LogP contribution in [0.4, 0.5) is 0 Å². The van der Waals surface area contributed by atoms with Crippen LogP contribution in [0.2, 0.25) is 10.0 Å². The third kappa shape index (κ3) is 7.41. The van der Waals surface area contributed by atoms with Gasteiger partial charge in [-0.15, -0.1) is 0 Å². The molecule has 2 aliphatic rings. The van der Waals surface area contributed by atoms with Gasteiger partial charge >= 0.3 is 11.9 Å². The minimum Gasteiger partial charge on any atom is -0.507 e. The largest absolute Gasteiger partial charge is 0.507 e. The first kappa shape index (κ1) is 32.7. The first-order valence-electron chi connectivity index (χ1n) is 14.9. The van der Waals surface area contributed by atoms with E-state index in [1.165, 1.54) is 6.07 Å². The number of carboxylic acids is 1. The lowest BCUT2D eigenvalue weighted by Crippen LogP contribution is -2.08. The Bertz CT molecular complexity index is 1870. The maximum Gasteiger partial charge on any atom is 0.356 e. The predicted molar refractivity (Wildman–Crippen MR) is 179 cm³/mol. The average molecular weight is 660 g/mol. The number of phenolic OH excluding ortho intramolecular Hbond substituents is 2. The molecule has 0 spiro atoms. The van der Waals surface area contributed by atoms with Gasteiger partial charge in [0.1, 0.15) is 22.9 Å². The summed E-state index contributed by atoms with van der Waals surface area (Å²) in [5, 5.41) is 30.5. The number of halogens is 2. The van der Waals surface area contributed by atoms with Gasteiger partial charge < -0.3 is 20.1 Å². The highest BCUT2D eigenvalue weighted by atomic mass is 35.5. The summed E-state index contributed by atoms with van der Waals surface area (Å²) in [6, 6.07) is 20.3. The maximum atomic E-state index is 11.9. The molecule has 0 saturated heterocycles. The molecule has 0 aliphatic heterocycles. The van der Waals surface area contributed by atoms with Crippen LogP contribution in [0.25, 0.3) is 22.3 Å². The third-order valence-corrected chi connectivity index (χ3v) is 8.29. The van der Waals surface area contributed by atoms with Gasteiger partial charge in [-0.2, -0.15) is 0 Å². The molecule has 4 aromatic rings. The summed E-state index contributed by atoms with van der Waals surface area (Å²) in [7, 11) is 0. The summed E-state index contributed by atoms with van der Waals surface area (Å²) < 4.78 is 5.02. The molecular formula is C36H32Cl2N2O6. The van der Waals surface area contributed by atoms with Crippen molar-refractivity contribution in [2.75, 3.05) is 6.61 Å². The summed E-state index contributed by atoms with van der Waals surface area (Å²) in [4.78, 5) is 31.7. The molecule has 0 atom stereocenters. The number of ether oxygens (including phenoxy) is 1. The third-order valence-electron chi connectivity index (χ3n) is 7.82.